The van der Waals surface area contributed by atoms with Crippen LogP contribution in [-0.2, 0) is 61.8 Å². The molecule has 2 saturated carbocycles. The Hall–Kier alpha value is -4.13. The first-order chi connectivity index (χ1) is 31.9. The number of aliphatic hydroxyl groups is 1. The maximum Gasteiger partial charge on any atom is 0.509 e. The van der Waals surface area contributed by atoms with Crippen LogP contribution in [0.5, 0.6) is 0 Å². The molecule has 2 saturated heterocycles. The Morgan fingerprint density at radius 3 is 2.19 bits per heavy atom. The lowest BCUT2D eigenvalue weighted by atomic mass is 9.46. The van der Waals surface area contributed by atoms with Crippen molar-refractivity contribution in [1.29, 1.82) is 0 Å². The van der Waals surface area contributed by atoms with Crippen LogP contribution >= 0.6 is 0 Å². The van der Waals surface area contributed by atoms with Crippen molar-refractivity contribution in [2.75, 3.05) is 34.0 Å². The number of esters is 2. The number of carbonyl (C=O) groups is 5. The van der Waals surface area contributed by atoms with Crippen LogP contribution in [0.15, 0.2) is 41.5 Å². The Morgan fingerprint density at radius 2 is 1.63 bits per heavy atom. The first-order valence-corrected chi connectivity index (χ1v) is 24.2. The minimum absolute atomic E-state index is 0.00532. The van der Waals surface area contributed by atoms with E-state index in [2.05, 4.69) is 19.2 Å². The number of methoxy groups -OCH3 is 2. The number of benzene rings is 1. The van der Waals surface area contributed by atoms with Gasteiger partial charge in [-0.3, -0.25) is 9.59 Å². The van der Waals surface area contributed by atoms with Gasteiger partial charge in [-0.15, -0.1) is 0 Å². The summed E-state index contributed by atoms with van der Waals surface area (Å²) in [6.07, 6.45) is -3.45. The van der Waals surface area contributed by atoms with Crippen LogP contribution in [0.1, 0.15) is 139 Å². The van der Waals surface area contributed by atoms with Crippen LogP contribution < -0.4 is 5.32 Å². The Labute approximate surface area is 400 Å². The second kappa shape index (κ2) is 20.7. The Kier molecular flexibility index (Phi) is 16.2. The predicted octanol–water partition coefficient (Wildman–Crippen LogP) is 7.39. The summed E-state index contributed by atoms with van der Waals surface area (Å²) < 4.78 is 60.3. The quantitative estimate of drug-likeness (QED) is 0.0886. The molecule has 0 radical (unpaired) electrons. The van der Waals surface area contributed by atoms with E-state index < -0.39 is 106 Å². The average molecular weight is 958 g/mol. The molecule has 0 spiro atoms. The number of unbranched alkanes of at least 4 members (excludes halogenated alkanes) is 2. The summed E-state index contributed by atoms with van der Waals surface area (Å²) >= 11 is 0. The van der Waals surface area contributed by atoms with E-state index in [9.17, 15) is 19.5 Å². The number of Topliss-reactive ketones (excluding diaryl/α,β-unsaturated/α-hetero) is 1. The molecule has 0 aromatic heterocycles. The summed E-state index contributed by atoms with van der Waals surface area (Å²) in [6, 6.07) is 7.03. The molecule has 68 heavy (non-hydrogen) atoms. The number of carbonyl (C=O) groups excluding carboxylic acids is 5. The van der Waals surface area contributed by atoms with Gasteiger partial charge in [-0.25, -0.2) is 14.4 Å². The third kappa shape index (κ3) is 10.3. The highest BCUT2D eigenvalue weighted by Crippen LogP contribution is 2.64. The van der Waals surface area contributed by atoms with Crippen molar-refractivity contribution in [3.63, 3.8) is 0 Å². The molecule has 17 nitrogen and oxygen atoms in total. The zero-order valence-electron chi connectivity index (χ0n) is 42.1. The van der Waals surface area contributed by atoms with E-state index >= 15 is 9.59 Å². The second-order valence-electron chi connectivity index (χ2n) is 21.0. The van der Waals surface area contributed by atoms with E-state index in [4.69, 9.17) is 47.4 Å². The normalized spacial score (nSPS) is 32.5. The lowest BCUT2D eigenvalue weighted by Gasteiger charge is -2.66. The van der Waals surface area contributed by atoms with Gasteiger partial charge in [-0.2, -0.15) is 0 Å². The van der Waals surface area contributed by atoms with Crippen molar-refractivity contribution < 1.29 is 76.4 Å². The van der Waals surface area contributed by atoms with E-state index in [1.165, 1.54) is 21.1 Å². The molecule has 2 heterocycles. The maximum absolute atomic E-state index is 15.3. The number of fused-ring (bicyclic) bond motifs is 5. The van der Waals surface area contributed by atoms with Crippen molar-refractivity contribution in [3.05, 3.63) is 47.0 Å². The molecule has 3 aliphatic carbocycles. The molecule has 1 amide bonds. The summed E-state index contributed by atoms with van der Waals surface area (Å²) in [7, 11) is 2.91. The van der Waals surface area contributed by atoms with Crippen LogP contribution in [-0.4, -0.2) is 128 Å². The maximum atomic E-state index is 15.3. The SMILES string of the molecule is CCCCC1(CCCC)OC[C@@H](COC(=O)O[C@@H](C(=O)O[C@H]2C[C@@]3(O)C[C@@H]4[C@]5(OC(C)=O)CO[C@@H]5C[C@H](OC)[C@@]4(C)C(=O)[C@H](OC)C(=C2C)C3(C)C)[C@@H](NC(=O)OC(C)(C)C)c2ccccc2)O1. The van der Waals surface area contributed by atoms with Crippen molar-refractivity contribution in [2.24, 2.45) is 16.7 Å². The second-order valence-corrected chi connectivity index (χ2v) is 21.0. The first-order valence-electron chi connectivity index (χ1n) is 24.2. The van der Waals surface area contributed by atoms with Crippen molar-refractivity contribution in [1.82, 2.24) is 5.32 Å². The van der Waals surface area contributed by atoms with E-state index in [0.717, 1.165) is 25.7 Å². The molecule has 2 bridgehead atoms. The third-order valence-corrected chi connectivity index (χ3v) is 15.1. The summed E-state index contributed by atoms with van der Waals surface area (Å²) in [4.78, 5) is 70.6. The molecule has 6 rings (SSSR count). The van der Waals surface area contributed by atoms with Crippen LogP contribution in [0, 0.1) is 16.7 Å². The molecule has 380 valence electrons. The van der Waals surface area contributed by atoms with Gasteiger partial charge in [-0.1, -0.05) is 70.9 Å². The van der Waals surface area contributed by atoms with Gasteiger partial charge in [0.25, 0.3) is 0 Å². The molecule has 17 heteroatoms. The zero-order chi connectivity index (χ0) is 50.0. The molecule has 0 unspecified atom stereocenters. The summed E-state index contributed by atoms with van der Waals surface area (Å²) in [6.45, 7) is 17.5. The van der Waals surface area contributed by atoms with Gasteiger partial charge in [0.2, 0.25) is 6.10 Å². The number of ketones is 1. The summed E-state index contributed by atoms with van der Waals surface area (Å²) in [5.41, 5.74) is -5.31. The minimum atomic E-state index is -1.89. The number of nitrogens with one attached hydrogen (secondary N) is 1. The fourth-order valence-electron chi connectivity index (χ4n) is 11.4. The number of hydrogen-bond donors (Lipinski definition) is 2. The fraction of sp³-hybridized carbons (Fsp3) is 0.745. The predicted molar refractivity (Wildman–Crippen MR) is 245 cm³/mol. The third-order valence-electron chi connectivity index (χ3n) is 15.1. The topological polar surface area (TPSA) is 210 Å². The number of ether oxygens (including phenoxy) is 10. The van der Waals surface area contributed by atoms with Crippen molar-refractivity contribution in [2.45, 2.75) is 192 Å². The molecule has 2 N–H and O–H groups in total. The van der Waals surface area contributed by atoms with Crippen LogP contribution in [0.3, 0.4) is 0 Å². The van der Waals surface area contributed by atoms with Crippen LogP contribution in [0.2, 0.25) is 0 Å². The standard InChI is InChI=1S/C51H75NO16/c1-13-15-22-50(23-16-14-2)63-28-33(67-50)27-61-45(57)65-41(39(32-20-18-17-19-21-32)52-44(56)68-46(5,6)7)43(55)64-34-25-49(58)26-35-48(10,42(54)40(60-12)38(30(34)3)47(49,8)9)36(59-11)24-37-51(35,29-62-37)66-31(4)53/h17-21,33-37,39-41,58H,13-16,22-29H2,1-12H3,(H,52,56)/t33-,34+,35+,36+,37-,39+,40-,41-,48+,49-,51-/m1/s1. The van der Waals surface area contributed by atoms with E-state index in [1.54, 1.807) is 65.0 Å². The van der Waals surface area contributed by atoms with Gasteiger partial charge in [0.1, 0.15) is 42.7 Å². The first kappa shape index (κ1) is 53.2. The minimum Gasteiger partial charge on any atom is -0.455 e. The van der Waals surface area contributed by atoms with Gasteiger partial charge in [0, 0.05) is 58.2 Å². The summed E-state index contributed by atoms with van der Waals surface area (Å²) in [5.74, 6) is -3.66. The van der Waals surface area contributed by atoms with Gasteiger partial charge in [-0.05, 0) is 70.6 Å². The molecule has 4 fully saturated rings. The largest absolute Gasteiger partial charge is 0.509 e. The summed E-state index contributed by atoms with van der Waals surface area (Å²) in [5, 5.41) is 16.0. The van der Waals surface area contributed by atoms with Crippen molar-refractivity contribution >= 4 is 30.0 Å². The van der Waals surface area contributed by atoms with E-state index in [0.29, 0.717) is 29.6 Å². The highest BCUT2D eigenvalue weighted by Gasteiger charge is 2.74. The smallest absolute Gasteiger partial charge is 0.455 e. The van der Waals surface area contributed by atoms with Crippen molar-refractivity contribution in [3.8, 4) is 0 Å². The number of amides is 1. The monoisotopic (exact) mass is 958 g/mol. The van der Waals surface area contributed by atoms with E-state index in [-0.39, 0.29) is 44.9 Å². The number of alkyl carbamates (subject to hydrolysis) is 1. The van der Waals surface area contributed by atoms with Gasteiger partial charge < -0.3 is 57.8 Å². The molecule has 1 aromatic carbocycles. The fourth-order valence-corrected chi connectivity index (χ4v) is 11.4. The Balaban J connectivity index is 1.37. The zero-order valence-corrected chi connectivity index (χ0v) is 42.1. The lowest BCUT2D eigenvalue weighted by Crippen LogP contribution is -2.77. The van der Waals surface area contributed by atoms with Gasteiger partial charge >= 0.3 is 24.2 Å². The highest BCUT2D eigenvalue weighted by molar-refractivity contribution is 5.93. The Morgan fingerprint density at radius 1 is 0.971 bits per heavy atom. The molecule has 5 aliphatic rings. The average Bonchev–Trinajstić information content (AvgIpc) is 3.68. The lowest BCUT2D eigenvalue weighted by molar-refractivity contribution is -0.329. The molecule has 1 aromatic rings. The van der Waals surface area contributed by atoms with Crippen LogP contribution in [0.25, 0.3) is 0 Å². The van der Waals surface area contributed by atoms with E-state index in [1.807, 2.05) is 13.8 Å². The van der Waals surface area contributed by atoms with Gasteiger partial charge in [0.05, 0.1) is 30.3 Å². The highest BCUT2D eigenvalue weighted by atomic mass is 16.8. The van der Waals surface area contributed by atoms with Gasteiger partial charge in [0.15, 0.2) is 17.2 Å². The molecular formula is C51H75NO16. The molecule has 11 atom stereocenters. The Bertz CT molecular complexity index is 2020. The number of rotatable bonds is 17. The molecule has 2 aliphatic heterocycles. The number of hydrogen-bond acceptors (Lipinski definition) is 16. The molecular weight excluding hydrogens is 883 g/mol. The van der Waals surface area contributed by atoms with Crippen LogP contribution in [0.4, 0.5) is 9.59 Å².